The predicted molar refractivity (Wildman–Crippen MR) is 224 cm³/mol. The number of allylic oxidation sites excluding steroid dienone is 6. The predicted octanol–water partition coefficient (Wildman–Crippen LogP) is 14.2. The summed E-state index contributed by atoms with van der Waals surface area (Å²) in [5.41, 5.74) is 0. The first-order chi connectivity index (χ1) is 26.0. The van der Waals surface area contributed by atoms with E-state index in [-0.39, 0.29) is 31.1 Å². The van der Waals surface area contributed by atoms with Crippen molar-refractivity contribution in [1.82, 2.24) is 0 Å². The van der Waals surface area contributed by atoms with Gasteiger partial charge in [-0.2, -0.15) is 0 Å². The average Bonchev–Trinajstić information content (AvgIpc) is 3.15. The largest absolute Gasteiger partial charge is 0.462 e. The number of ether oxygens (including phenoxy) is 3. The lowest BCUT2D eigenvalue weighted by Crippen LogP contribution is -2.30. The highest BCUT2D eigenvalue weighted by Crippen LogP contribution is 2.13. The van der Waals surface area contributed by atoms with Gasteiger partial charge in [0.2, 0.25) is 0 Å². The molecule has 0 aromatic heterocycles. The second kappa shape index (κ2) is 42.4. The zero-order valence-electron chi connectivity index (χ0n) is 35.0. The van der Waals surface area contributed by atoms with E-state index in [4.69, 9.17) is 14.2 Å². The molecule has 1 unspecified atom stereocenters. The van der Waals surface area contributed by atoms with Gasteiger partial charge in [0.05, 0.1) is 0 Å². The van der Waals surface area contributed by atoms with Crippen LogP contribution < -0.4 is 0 Å². The Kier molecular flexibility index (Phi) is 40.5. The van der Waals surface area contributed by atoms with Gasteiger partial charge in [0.25, 0.3) is 0 Å². The van der Waals surface area contributed by atoms with Crippen molar-refractivity contribution in [3.63, 3.8) is 0 Å². The van der Waals surface area contributed by atoms with Gasteiger partial charge in [-0.3, -0.25) is 14.4 Å². The van der Waals surface area contributed by atoms with E-state index in [1.165, 1.54) is 96.3 Å². The zero-order chi connectivity index (χ0) is 38.7. The van der Waals surface area contributed by atoms with Gasteiger partial charge < -0.3 is 14.2 Å². The molecule has 1 atom stereocenters. The van der Waals surface area contributed by atoms with Crippen LogP contribution in [0, 0.1) is 0 Å². The molecule has 308 valence electrons. The van der Waals surface area contributed by atoms with Gasteiger partial charge in [0.15, 0.2) is 6.10 Å². The van der Waals surface area contributed by atoms with Gasteiger partial charge in [-0.05, 0) is 70.6 Å². The van der Waals surface area contributed by atoms with Gasteiger partial charge >= 0.3 is 17.9 Å². The van der Waals surface area contributed by atoms with Crippen molar-refractivity contribution in [3.05, 3.63) is 36.5 Å². The Morgan fingerprint density at radius 1 is 0.377 bits per heavy atom. The molecule has 0 saturated carbocycles. The highest BCUT2D eigenvalue weighted by atomic mass is 16.6. The molecule has 0 N–H and O–H groups in total. The fourth-order valence-corrected chi connectivity index (χ4v) is 6.16. The summed E-state index contributed by atoms with van der Waals surface area (Å²) in [5, 5.41) is 0. The summed E-state index contributed by atoms with van der Waals surface area (Å²) >= 11 is 0. The van der Waals surface area contributed by atoms with Gasteiger partial charge in [0.1, 0.15) is 13.2 Å². The second-order valence-corrected chi connectivity index (χ2v) is 15.0. The van der Waals surface area contributed by atoms with E-state index in [1.54, 1.807) is 0 Å². The molecule has 0 aromatic rings. The summed E-state index contributed by atoms with van der Waals surface area (Å²) < 4.78 is 16.6. The first kappa shape index (κ1) is 50.6. The molecule has 0 fully saturated rings. The number of rotatable bonds is 40. The Bertz CT molecular complexity index is 907. The maximum atomic E-state index is 12.7. The van der Waals surface area contributed by atoms with Gasteiger partial charge in [-0.1, -0.05) is 173 Å². The molecule has 6 nitrogen and oxygen atoms in total. The smallest absolute Gasteiger partial charge is 0.306 e. The summed E-state index contributed by atoms with van der Waals surface area (Å²) in [4.78, 5) is 37.6. The lowest BCUT2D eigenvalue weighted by molar-refractivity contribution is -0.167. The molecular weight excluding hydrogens is 661 g/mol. The minimum atomic E-state index is -0.775. The van der Waals surface area contributed by atoms with Gasteiger partial charge in [0, 0.05) is 19.3 Å². The number of carbonyl (C=O) groups is 3. The van der Waals surface area contributed by atoms with Crippen LogP contribution in [0.2, 0.25) is 0 Å². The van der Waals surface area contributed by atoms with E-state index < -0.39 is 6.10 Å². The molecule has 0 bridgehead atoms. The first-order valence-corrected chi connectivity index (χ1v) is 22.5. The molecule has 6 heteroatoms. The molecule has 0 aliphatic heterocycles. The number of esters is 3. The lowest BCUT2D eigenvalue weighted by Gasteiger charge is -2.18. The fraction of sp³-hybridized carbons (Fsp3) is 0.809. The van der Waals surface area contributed by atoms with E-state index in [1.807, 2.05) is 0 Å². The average molecular weight is 745 g/mol. The Labute approximate surface area is 327 Å². The van der Waals surface area contributed by atoms with Crippen LogP contribution in [0.4, 0.5) is 0 Å². The minimum absolute atomic E-state index is 0.0788. The number of hydrogen-bond acceptors (Lipinski definition) is 6. The van der Waals surface area contributed by atoms with E-state index >= 15 is 0 Å². The van der Waals surface area contributed by atoms with Crippen molar-refractivity contribution in [2.24, 2.45) is 0 Å². The topological polar surface area (TPSA) is 78.9 Å². The monoisotopic (exact) mass is 745 g/mol. The van der Waals surface area contributed by atoms with Crippen molar-refractivity contribution >= 4 is 17.9 Å². The highest BCUT2D eigenvalue weighted by molar-refractivity contribution is 5.71. The van der Waals surface area contributed by atoms with Crippen molar-refractivity contribution < 1.29 is 28.6 Å². The molecule has 0 aromatic carbocycles. The summed E-state index contributed by atoms with van der Waals surface area (Å²) in [6, 6.07) is 0. The number of hydrogen-bond donors (Lipinski definition) is 0. The molecule has 0 heterocycles. The van der Waals surface area contributed by atoms with E-state index in [0.29, 0.717) is 19.3 Å². The van der Waals surface area contributed by atoms with Crippen molar-refractivity contribution in [2.45, 2.75) is 232 Å². The minimum Gasteiger partial charge on any atom is -0.462 e. The second-order valence-electron chi connectivity index (χ2n) is 15.0. The zero-order valence-corrected chi connectivity index (χ0v) is 35.0. The molecule has 0 aliphatic carbocycles. The first-order valence-electron chi connectivity index (χ1n) is 22.5. The summed E-state index contributed by atoms with van der Waals surface area (Å²) in [5.74, 6) is -0.906. The normalized spacial score (nSPS) is 12.3. The molecule has 0 rings (SSSR count). The maximum Gasteiger partial charge on any atom is 0.306 e. The van der Waals surface area contributed by atoms with Crippen LogP contribution in [0.15, 0.2) is 36.5 Å². The lowest BCUT2D eigenvalue weighted by atomic mass is 10.1. The fourth-order valence-electron chi connectivity index (χ4n) is 6.16. The van der Waals surface area contributed by atoms with Gasteiger partial charge in [-0.15, -0.1) is 0 Å². The van der Waals surface area contributed by atoms with Crippen molar-refractivity contribution in [1.29, 1.82) is 0 Å². The molecule has 0 amide bonds. The van der Waals surface area contributed by atoms with E-state index in [0.717, 1.165) is 89.9 Å². The van der Waals surface area contributed by atoms with Crippen LogP contribution in [0.5, 0.6) is 0 Å². The Hall–Kier alpha value is -2.37. The standard InChI is InChI=1S/C47H84O6/c1-4-7-10-13-16-19-21-23-25-26-28-31-34-37-40-46(49)52-43-44(42-51-45(48)39-36-33-30-18-15-12-9-6-3)53-47(50)41-38-35-32-29-27-24-22-20-17-14-11-8-5-2/h13,16,20-23,44H,4-12,14-15,17-19,24-43H2,1-3H3/b16-13-,22-20-,23-21-. The maximum absolute atomic E-state index is 12.7. The quantitative estimate of drug-likeness (QED) is 0.0269. The Morgan fingerprint density at radius 2 is 0.698 bits per heavy atom. The molecule has 53 heavy (non-hydrogen) atoms. The van der Waals surface area contributed by atoms with Crippen LogP contribution in [0.1, 0.15) is 226 Å². The molecular formula is C47H84O6. The van der Waals surface area contributed by atoms with E-state index in [2.05, 4.69) is 57.2 Å². The Morgan fingerprint density at radius 3 is 1.13 bits per heavy atom. The highest BCUT2D eigenvalue weighted by Gasteiger charge is 2.19. The summed E-state index contributed by atoms with van der Waals surface area (Å²) in [6.45, 7) is 6.52. The third-order valence-corrected chi connectivity index (χ3v) is 9.62. The Balaban J connectivity index is 4.37. The van der Waals surface area contributed by atoms with Crippen LogP contribution >= 0.6 is 0 Å². The SMILES string of the molecule is CCCC/C=C\C/C=C\CCCCCCCC(=O)OCC(COC(=O)CCCCCCCCCC)OC(=O)CCCCCCC/C=C\CCCCCC. The number of carbonyl (C=O) groups excluding carboxylic acids is 3. The number of unbranched alkanes of at least 4 members (excludes halogenated alkanes) is 23. The molecule has 0 radical (unpaired) electrons. The van der Waals surface area contributed by atoms with Crippen LogP contribution in [0.3, 0.4) is 0 Å². The molecule has 0 saturated heterocycles. The molecule has 0 spiro atoms. The molecule has 0 aliphatic rings. The third kappa shape index (κ3) is 40.6. The van der Waals surface area contributed by atoms with Crippen LogP contribution in [-0.4, -0.2) is 37.2 Å². The summed E-state index contributed by atoms with van der Waals surface area (Å²) in [6.07, 6.45) is 47.0. The van der Waals surface area contributed by atoms with Crippen LogP contribution in [-0.2, 0) is 28.6 Å². The van der Waals surface area contributed by atoms with Crippen LogP contribution in [0.25, 0.3) is 0 Å². The summed E-state index contributed by atoms with van der Waals surface area (Å²) in [7, 11) is 0. The van der Waals surface area contributed by atoms with Gasteiger partial charge in [-0.25, -0.2) is 0 Å². The van der Waals surface area contributed by atoms with Crippen molar-refractivity contribution in [2.75, 3.05) is 13.2 Å². The van der Waals surface area contributed by atoms with Crippen molar-refractivity contribution in [3.8, 4) is 0 Å². The van der Waals surface area contributed by atoms with E-state index in [9.17, 15) is 14.4 Å². The third-order valence-electron chi connectivity index (χ3n) is 9.62.